The van der Waals surface area contributed by atoms with Crippen molar-refractivity contribution in [1.82, 2.24) is 0 Å². The molecule has 1 saturated carbocycles. The van der Waals surface area contributed by atoms with Gasteiger partial charge in [0, 0.05) is 25.7 Å². The first kappa shape index (κ1) is 41.1. The van der Waals surface area contributed by atoms with Gasteiger partial charge >= 0.3 is 5.51 Å². The van der Waals surface area contributed by atoms with Gasteiger partial charge in [0.2, 0.25) is 5.90 Å². The molecule has 0 aromatic heterocycles. The Morgan fingerprint density at radius 1 is 0.745 bits per heavy atom. The second kappa shape index (κ2) is 18.6. The Morgan fingerprint density at radius 3 is 1.49 bits per heavy atom. The predicted octanol–water partition coefficient (Wildman–Crippen LogP) is 7.68. The molecule has 0 N–H and O–H groups in total. The Balaban J connectivity index is 0.000000372. The van der Waals surface area contributed by atoms with Crippen LogP contribution in [0.3, 0.4) is 0 Å². The standard InChI is InChI=1S/C27H30NOP.C8H12.CHF3O3S.Ir/c1-19-12-6-9-15-22(19)30(23-16-10-7-13-20(23)2)24-17-11-8-14-21(24)26-28-25(18-29-26)27(3,4)5;1-2-4-6-8-7-5-3-1;2-1(3,4)8(5,6)7;/h6-17,25H,18H2,1-5H3;1-2,7-8H,3-6H2;(H,5,6,7);/p-1/t25-;;;/m1.../s1. The molecule has 1 atom stereocenters. The number of ether oxygens (including phenoxy) is 1. The van der Waals surface area contributed by atoms with E-state index >= 15 is 0 Å². The maximum atomic E-state index is 10.7. The monoisotopic (exact) mass is 865 g/mol. The van der Waals surface area contributed by atoms with E-state index in [1.807, 2.05) is 0 Å². The molecule has 5 rings (SSSR count). The van der Waals surface area contributed by atoms with E-state index in [0.29, 0.717) is 6.61 Å². The number of hydrogen-bond acceptors (Lipinski definition) is 5. The van der Waals surface area contributed by atoms with Gasteiger partial charge < -0.3 is 9.29 Å². The summed E-state index contributed by atoms with van der Waals surface area (Å²) >= 11 is 0. The molecule has 3 aromatic carbocycles. The fourth-order valence-corrected chi connectivity index (χ4v) is 7.44. The first-order chi connectivity index (χ1) is 21.6. The van der Waals surface area contributed by atoms with Gasteiger partial charge in [-0.05, 0) is 112 Å². The third-order valence-corrected chi connectivity index (χ3v) is 10.8. The van der Waals surface area contributed by atoms with Crippen molar-refractivity contribution in [2.75, 3.05) is 6.61 Å². The van der Waals surface area contributed by atoms with Gasteiger partial charge in [0.05, 0.1) is 6.04 Å². The second-order valence-electron chi connectivity index (χ2n) is 12.0. The molecule has 1 heterocycles. The van der Waals surface area contributed by atoms with E-state index in [2.05, 4.69) is 133 Å². The molecule has 0 bridgehead atoms. The van der Waals surface area contributed by atoms with Gasteiger partial charge in [0.1, 0.15) is 6.61 Å². The van der Waals surface area contributed by atoms with Crippen LogP contribution >= 0.6 is 7.92 Å². The van der Waals surface area contributed by atoms with E-state index in [0.717, 1.165) is 11.5 Å². The van der Waals surface area contributed by atoms with Crippen LogP contribution in [0.2, 0.25) is 0 Å². The summed E-state index contributed by atoms with van der Waals surface area (Å²) in [4.78, 5) is 5.01. The number of aliphatic imine (C=N–C) groups is 1. The largest absolute Gasteiger partial charge is 0.741 e. The van der Waals surface area contributed by atoms with Crippen molar-refractivity contribution in [1.29, 1.82) is 0 Å². The molecular weight excluding hydrogens is 823 g/mol. The molecular formula is C36H42F3IrNO4PS-. The summed E-state index contributed by atoms with van der Waals surface area (Å²) in [6, 6.07) is 26.4. The second-order valence-corrected chi connectivity index (χ2v) is 15.5. The summed E-state index contributed by atoms with van der Waals surface area (Å²) in [7, 11) is -6.82. The summed E-state index contributed by atoms with van der Waals surface area (Å²) in [6.45, 7) is 11.8. The average Bonchev–Trinajstić information content (AvgIpc) is 3.46. The molecule has 0 saturated heterocycles. The number of rotatable bonds is 4. The molecule has 5 radical (unpaired) electrons. The Labute approximate surface area is 293 Å². The summed E-state index contributed by atoms with van der Waals surface area (Å²) in [6.07, 6.45) is 14.0. The summed E-state index contributed by atoms with van der Waals surface area (Å²) in [5.74, 6) is 0.792. The average molecular weight is 865 g/mol. The van der Waals surface area contributed by atoms with E-state index in [9.17, 15) is 13.2 Å². The number of halogens is 3. The van der Waals surface area contributed by atoms with Crippen LogP contribution in [0.25, 0.3) is 0 Å². The molecule has 257 valence electrons. The zero-order valence-corrected chi connectivity index (χ0v) is 31.4. The van der Waals surface area contributed by atoms with Gasteiger partial charge in [-0.3, -0.25) is 0 Å². The van der Waals surface area contributed by atoms with Crippen molar-refractivity contribution >= 4 is 39.9 Å². The summed E-state index contributed by atoms with van der Waals surface area (Å²) < 4.78 is 65.1. The molecule has 0 unspecified atom stereocenters. The van der Waals surface area contributed by atoms with Crippen molar-refractivity contribution in [3.05, 3.63) is 115 Å². The van der Waals surface area contributed by atoms with Gasteiger partial charge in [-0.15, -0.1) is 0 Å². The summed E-state index contributed by atoms with van der Waals surface area (Å²) in [5.41, 5.74) is -1.78. The third kappa shape index (κ3) is 12.4. The van der Waals surface area contributed by atoms with Crippen molar-refractivity contribution in [3.8, 4) is 0 Å². The van der Waals surface area contributed by atoms with Gasteiger partial charge in [-0.1, -0.05) is 87.5 Å². The van der Waals surface area contributed by atoms with E-state index in [1.165, 1.54) is 52.7 Å². The summed E-state index contributed by atoms with van der Waals surface area (Å²) in [5, 5.41) is 4.09. The fourth-order valence-electron chi connectivity index (χ4n) is 4.69. The number of nitrogens with zero attached hydrogens (tertiary/aromatic N) is 1. The van der Waals surface area contributed by atoms with Crippen LogP contribution in [-0.2, 0) is 35.0 Å². The minimum atomic E-state index is -6.09. The van der Waals surface area contributed by atoms with Crippen molar-refractivity contribution in [2.24, 2.45) is 10.4 Å². The molecule has 0 spiro atoms. The Morgan fingerprint density at radius 2 is 1.13 bits per heavy atom. The first-order valence-corrected chi connectivity index (χ1v) is 17.9. The molecule has 11 heteroatoms. The van der Waals surface area contributed by atoms with E-state index in [-0.39, 0.29) is 31.6 Å². The zero-order valence-electron chi connectivity index (χ0n) is 27.3. The number of aryl methyl sites for hydroxylation is 2. The van der Waals surface area contributed by atoms with Crippen LogP contribution in [0, 0.1) is 44.9 Å². The maximum absolute atomic E-state index is 10.7. The van der Waals surface area contributed by atoms with Crippen LogP contribution in [0.15, 0.2) is 77.8 Å². The molecule has 1 aliphatic carbocycles. The fraction of sp³-hybridized carbons (Fsp3) is 0.361. The Hall–Kier alpha value is -2.09. The van der Waals surface area contributed by atoms with Crippen molar-refractivity contribution < 1.29 is 51.0 Å². The normalized spacial score (nSPS) is 17.0. The van der Waals surface area contributed by atoms with Crippen LogP contribution in [0.4, 0.5) is 13.2 Å². The van der Waals surface area contributed by atoms with Crippen LogP contribution < -0.4 is 15.9 Å². The third-order valence-electron chi connectivity index (χ3n) is 7.36. The van der Waals surface area contributed by atoms with Crippen LogP contribution in [0.1, 0.15) is 63.1 Å². The smallest absolute Gasteiger partial charge is 0.485 e. The van der Waals surface area contributed by atoms with Crippen molar-refractivity contribution in [3.63, 3.8) is 0 Å². The van der Waals surface area contributed by atoms with Gasteiger partial charge in [-0.25, -0.2) is 13.4 Å². The van der Waals surface area contributed by atoms with Crippen LogP contribution in [-0.4, -0.2) is 37.0 Å². The molecule has 2 aliphatic rings. The topological polar surface area (TPSA) is 78.8 Å². The SMILES string of the molecule is Cc1ccccc1P(c1ccccc1C)c1ccccc1C1=N[C@@H](C(C)(C)C)CO1.O=S(=O)([O-])C(F)(F)F.[CH]1[CH]CC[CH][CH]CC1.[Ir]. The molecule has 1 aliphatic heterocycles. The van der Waals surface area contributed by atoms with E-state index < -0.39 is 23.5 Å². The molecule has 5 nitrogen and oxygen atoms in total. The first-order valence-electron chi connectivity index (χ1n) is 15.1. The maximum Gasteiger partial charge on any atom is 0.485 e. The molecule has 47 heavy (non-hydrogen) atoms. The number of benzene rings is 3. The minimum absolute atomic E-state index is 0. The van der Waals surface area contributed by atoms with Crippen LogP contribution in [0.5, 0.6) is 0 Å². The van der Waals surface area contributed by atoms with Gasteiger partial charge in [0.25, 0.3) is 0 Å². The van der Waals surface area contributed by atoms with Crippen molar-refractivity contribution in [2.45, 2.75) is 71.9 Å². The minimum Gasteiger partial charge on any atom is -0.741 e. The Kier molecular flexibility index (Phi) is 16.3. The Bertz CT molecular complexity index is 1490. The molecule has 1 fully saturated rings. The number of hydrogen-bond donors (Lipinski definition) is 0. The predicted molar refractivity (Wildman–Crippen MR) is 182 cm³/mol. The van der Waals surface area contributed by atoms with E-state index in [4.69, 9.17) is 22.7 Å². The number of alkyl halides is 3. The van der Waals surface area contributed by atoms with Gasteiger partial charge in [-0.2, -0.15) is 13.2 Å². The van der Waals surface area contributed by atoms with E-state index in [1.54, 1.807) is 0 Å². The quantitative estimate of drug-likeness (QED) is 0.153. The molecule has 3 aromatic rings. The van der Waals surface area contributed by atoms with Gasteiger partial charge in [0.15, 0.2) is 10.1 Å². The molecule has 0 amide bonds. The zero-order chi connectivity index (χ0) is 34.0.